The maximum Gasteiger partial charge on any atom is 0.435 e. The lowest BCUT2D eigenvalue weighted by Crippen LogP contribution is -2.35. The first kappa shape index (κ1) is 18.5. The Morgan fingerprint density at radius 1 is 1.16 bits per heavy atom. The van der Waals surface area contributed by atoms with Crippen LogP contribution in [0.15, 0.2) is 36.5 Å². The standard InChI is InChI=1S/C16H17F3N4O2/c1-2-11-5-3-4-6-12(11)21-14(24)9-20-15(25)10-23-8-7-13(22-23)16(17,18)19/h3-8H,2,9-10H2,1H3,(H,20,25)(H,21,24). The third-order valence-corrected chi connectivity index (χ3v) is 3.36. The van der Waals surface area contributed by atoms with Crippen molar-refractivity contribution < 1.29 is 22.8 Å². The van der Waals surface area contributed by atoms with Crippen molar-refractivity contribution >= 4 is 17.5 Å². The number of amides is 2. The molecule has 1 aromatic carbocycles. The predicted molar refractivity (Wildman–Crippen MR) is 84.7 cm³/mol. The molecule has 2 rings (SSSR count). The van der Waals surface area contributed by atoms with Crippen LogP contribution in [0.3, 0.4) is 0 Å². The molecule has 134 valence electrons. The Morgan fingerprint density at radius 2 is 1.88 bits per heavy atom. The minimum absolute atomic E-state index is 0.287. The molecule has 0 aliphatic heterocycles. The highest BCUT2D eigenvalue weighted by Crippen LogP contribution is 2.27. The molecule has 0 aliphatic rings. The summed E-state index contributed by atoms with van der Waals surface area (Å²) in [4.78, 5) is 23.6. The van der Waals surface area contributed by atoms with Gasteiger partial charge in [0.1, 0.15) is 6.54 Å². The van der Waals surface area contributed by atoms with Gasteiger partial charge in [0.2, 0.25) is 11.8 Å². The van der Waals surface area contributed by atoms with Crippen molar-refractivity contribution in [1.29, 1.82) is 0 Å². The van der Waals surface area contributed by atoms with E-state index in [1.165, 1.54) is 0 Å². The van der Waals surface area contributed by atoms with E-state index in [-0.39, 0.29) is 6.54 Å². The van der Waals surface area contributed by atoms with E-state index in [9.17, 15) is 22.8 Å². The summed E-state index contributed by atoms with van der Waals surface area (Å²) in [6.45, 7) is 1.26. The number of aromatic nitrogens is 2. The lowest BCUT2D eigenvalue weighted by Gasteiger charge is -2.10. The molecule has 1 heterocycles. The molecule has 0 unspecified atom stereocenters. The van der Waals surface area contributed by atoms with E-state index in [2.05, 4.69) is 15.7 Å². The summed E-state index contributed by atoms with van der Waals surface area (Å²) in [6, 6.07) is 8.05. The van der Waals surface area contributed by atoms with Gasteiger partial charge in [-0.1, -0.05) is 25.1 Å². The van der Waals surface area contributed by atoms with Gasteiger partial charge in [0.05, 0.1) is 6.54 Å². The summed E-state index contributed by atoms with van der Waals surface area (Å²) in [5.74, 6) is -1.04. The minimum atomic E-state index is -4.56. The first-order valence-electron chi connectivity index (χ1n) is 7.54. The Hall–Kier alpha value is -2.84. The molecule has 2 N–H and O–H groups in total. The largest absolute Gasteiger partial charge is 0.435 e. The van der Waals surface area contributed by atoms with E-state index in [1.807, 2.05) is 19.1 Å². The molecule has 1 aromatic heterocycles. The van der Waals surface area contributed by atoms with Crippen LogP contribution in [0.25, 0.3) is 0 Å². The number of hydrogen-bond donors (Lipinski definition) is 2. The first-order chi connectivity index (χ1) is 11.8. The number of alkyl halides is 3. The van der Waals surface area contributed by atoms with Crippen molar-refractivity contribution in [3.05, 3.63) is 47.8 Å². The van der Waals surface area contributed by atoms with Crippen LogP contribution in [0.5, 0.6) is 0 Å². The Kier molecular flexibility index (Phi) is 5.79. The molecule has 9 heteroatoms. The van der Waals surface area contributed by atoms with Crippen molar-refractivity contribution in [2.45, 2.75) is 26.1 Å². The van der Waals surface area contributed by atoms with E-state index < -0.39 is 30.2 Å². The van der Waals surface area contributed by atoms with Gasteiger partial charge in [-0.05, 0) is 24.1 Å². The van der Waals surface area contributed by atoms with Crippen LogP contribution in [-0.4, -0.2) is 28.1 Å². The van der Waals surface area contributed by atoms with Crippen molar-refractivity contribution in [2.75, 3.05) is 11.9 Å². The molecule has 0 spiro atoms. The van der Waals surface area contributed by atoms with Crippen molar-refractivity contribution in [3.8, 4) is 0 Å². The number of benzene rings is 1. The number of carbonyl (C=O) groups excluding carboxylic acids is 2. The lowest BCUT2D eigenvalue weighted by molar-refractivity contribution is -0.141. The number of aryl methyl sites for hydroxylation is 1. The van der Waals surface area contributed by atoms with Crippen LogP contribution in [0.2, 0.25) is 0 Å². The number of rotatable bonds is 6. The molecular weight excluding hydrogens is 337 g/mol. The predicted octanol–water partition coefficient (Wildman–Crippen LogP) is 2.22. The van der Waals surface area contributed by atoms with E-state index in [0.29, 0.717) is 5.69 Å². The van der Waals surface area contributed by atoms with Crippen LogP contribution in [0, 0.1) is 0 Å². The molecule has 0 fully saturated rings. The van der Waals surface area contributed by atoms with Gasteiger partial charge in [0.15, 0.2) is 5.69 Å². The summed E-state index contributed by atoms with van der Waals surface area (Å²) in [6.07, 6.45) is -2.77. The average molecular weight is 354 g/mol. The molecule has 0 bridgehead atoms. The summed E-state index contributed by atoms with van der Waals surface area (Å²) >= 11 is 0. The lowest BCUT2D eigenvalue weighted by atomic mass is 10.1. The van der Waals surface area contributed by atoms with Crippen molar-refractivity contribution in [1.82, 2.24) is 15.1 Å². The third kappa shape index (κ3) is 5.33. The van der Waals surface area contributed by atoms with Gasteiger partial charge < -0.3 is 10.6 Å². The van der Waals surface area contributed by atoms with Gasteiger partial charge in [0.25, 0.3) is 0 Å². The summed E-state index contributed by atoms with van der Waals surface area (Å²) in [5, 5.41) is 8.29. The number of nitrogens with one attached hydrogen (secondary N) is 2. The topological polar surface area (TPSA) is 76.0 Å². The second-order valence-corrected chi connectivity index (χ2v) is 5.23. The van der Waals surface area contributed by atoms with Crippen LogP contribution in [0.1, 0.15) is 18.2 Å². The Balaban J connectivity index is 1.83. The number of hydrogen-bond acceptors (Lipinski definition) is 3. The quantitative estimate of drug-likeness (QED) is 0.835. The van der Waals surface area contributed by atoms with E-state index in [0.717, 1.165) is 28.9 Å². The fraction of sp³-hybridized carbons (Fsp3) is 0.312. The van der Waals surface area contributed by atoms with Crippen LogP contribution >= 0.6 is 0 Å². The van der Waals surface area contributed by atoms with Gasteiger partial charge in [0, 0.05) is 11.9 Å². The van der Waals surface area contributed by atoms with Gasteiger partial charge in [-0.3, -0.25) is 14.3 Å². The molecule has 0 radical (unpaired) electrons. The van der Waals surface area contributed by atoms with Gasteiger partial charge in [-0.2, -0.15) is 18.3 Å². The molecule has 0 saturated carbocycles. The van der Waals surface area contributed by atoms with Crippen molar-refractivity contribution in [3.63, 3.8) is 0 Å². The third-order valence-electron chi connectivity index (χ3n) is 3.36. The zero-order valence-corrected chi connectivity index (χ0v) is 13.4. The maximum absolute atomic E-state index is 12.4. The minimum Gasteiger partial charge on any atom is -0.345 e. The Labute approximate surface area is 142 Å². The van der Waals surface area contributed by atoms with E-state index in [4.69, 9.17) is 0 Å². The molecule has 6 nitrogen and oxygen atoms in total. The highest BCUT2D eigenvalue weighted by atomic mass is 19.4. The number of carbonyl (C=O) groups is 2. The van der Waals surface area contributed by atoms with Crippen LogP contribution in [0.4, 0.5) is 18.9 Å². The first-order valence-corrected chi connectivity index (χ1v) is 7.54. The smallest absolute Gasteiger partial charge is 0.345 e. The second-order valence-electron chi connectivity index (χ2n) is 5.23. The highest BCUT2D eigenvalue weighted by molar-refractivity contribution is 5.95. The number of nitrogens with zero attached hydrogens (tertiary/aromatic N) is 2. The second kappa shape index (κ2) is 7.82. The summed E-state index contributed by atoms with van der Waals surface area (Å²) in [7, 11) is 0. The number of para-hydroxylation sites is 1. The molecule has 0 saturated heterocycles. The summed E-state index contributed by atoms with van der Waals surface area (Å²) < 4.78 is 38.2. The number of anilines is 1. The van der Waals surface area contributed by atoms with Crippen LogP contribution in [-0.2, 0) is 28.7 Å². The van der Waals surface area contributed by atoms with Crippen molar-refractivity contribution in [2.24, 2.45) is 0 Å². The van der Waals surface area contributed by atoms with E-state index in [1.54, 1.807) is 12.1 Å². The van der Waals surface area contributed by atoms with E-state index >= 15 is 0 Å². The average Bonchev–Trinajstić information content (AvgIpc) is 3.02. The monoisotopic (exact) mass is 354 g/mol. The Morgan fingerprint density at radius 3 is 2.52 bits per heavy atom. The molecule has 2 amide bonds. The maximum atomic E-state index is 12.4. The zero-order chi connectivity index (χ0) is 18.4. The van der Waals surface area contributed by atoms with Crippen LogP contribution < -0.4 is 10.6 Å². The van der Waals surface area contributed by atoms with Gasteiger partial charge in [-0.15, -0.1) is 0 Å². The summed E-state index contributed by atoms with van der Waals surface area (Å²) in [5.41, 5.74) is 0.541. The highest BCUT2D eigenvalue weighted by Gasteiger charge is 2.33. The Bertz CT molecular complexity index is 756. The normalized spacial score (nSPS) is 11.2. The SMILES string of the molecule is CCc1ccccc1NC(=O)CNC(=O)Cn1ccc(C(F)(F)F)n1. The fourth-order valence-corrected chi connectivity index (χ4v) is 2.13. The molecule has 0 aliphatic carbocycles. The molecule has 0 atom stereocenters. The van der Waals surface area contributed by atoms with Gasteiger partial charge in [-0.25, -0.2) is 0 Å². The number of halogens is 3. The molecule has 25 heavy (non-hydrogen) atoms. The van der Waals surface area contributed by atoms with Gasteiger partial charge >= 0.3 is 6.18 Å². The molecular formula is C16H17F3N4O2. The molecule has 2 aromatic rings. The fourth-order valence-electron chi connectivity index (χ4n) is 2.13. The zero-order valence-electron chi connectivity index (χ0n) is 13.4.